The molecule has 2 saturated carbocycles. The number of carbonyl (C=O) groups excluding carboxylic acids is 1. The van der Waals surface area contributed by atoms with E-state index in [-0.39, 0.29) is 5.92 Å². The topological polar surface area (TPSA) is 66.4 Å². The predicted octanol–water partition coefficient (Wildman–Crippen LogP) is 0.275. The van der Waals surface area contributed by atoms with Crippen molar-refractivity contribution in [3.63, 3.8) is 0 Å². The maximum Gasteiger partial charge on any atom is 0.319 e. The van der Waals surface area contributed by atoms with Crippen LogP contribution < -0.4 is 5.23 Å². The molecule has 5 heteroatoms. The molecule has 0 amide bonds. The summed E-state index contributed by atoms with van der Waals surface area (Å²) >= 11 is 0. The van der Waals surface area contributed by atoms with Crippen LogP contribution in [0.1, 0.15) is 25.7 Å². The number of hydrogen-bond donors (Lipinski definition) is 2. The van der Waals surface area contributed by atoms with Gasteiger partial charge in [-0.3, -0.25) is 4.79 Å². The van der Waals surface area contributed by atoms with Crippen LogP contribution in [-0.4, -0.2) is 30.7 Å². The molecule has 0 unspecified atom stereocenters. The van der Waals surface area contributed by atoms with Gasteiger partial charge in [-0.1, -0.05) is 0 Å². The zero-order valence-electron chi connectivity index (χ0n) is 8.56. The van der Waals surface area contributed by atoms with Gasteiger partial charge in [-0.05, 0) is 43.4 Å². The number of aliphatic carboxylic acids is 1. The number of hydrogen-bond acceptors (Lipinski definition) is 3. The summed E-state index contributed by atoms with van der Waals surface area (Å²) in [5, 5.41) is 11.8. The third kappa shape index (κ3) is 2.59. The van der Waals surface area contributed by atoms with Gasteiger partial charge in [0.15, 0.2) is 0 Å². The Labute approximate surface area is 89.7 Å². The summed E-state index contributed by atoms with van der Waals surface area (Å²) in [7, 11) is 1.20. The van der Waals surface area contributed by atoms with E-state index in [2.05, 4.69) is 5.23 Å². The van der Waals surface area contributed by atoms with Crippen LogP contribution in [0.25, 0.3) is 0 Å². The molecule has 2 aliphatic carbocycles. The second kappa shape index (κ2) is 4.35. The van der Waals surface area contributed by atoms with E-state index in [1.807, 2.05) is 0 Å². The molecule has 0 heterocycles. The first-order chi connectivity index (χ1) is 7.24. The minimum atomic E-state index is -0.836. The lowest BCUT2D eigenvalue weighted by Crippen LogP contribution is -2.46. The van der Waals surface area contributed by atoms with E-state index >= 15 is 0 Å². The van der Waals surface area contributed by atoms with Gasteiger partial charge in [0.2, 0.25) is 0 Å². The van der Waals surface area contributed by atoms with Crippen molar-refractivity contribution in [1.82, 2.24) is 5.23 Å². The van der Waals surface area contributed by atoms with Crippen molar-refractivity contribution in [2.45, 2.75) is 31.7 Å². The normalized spacial score (nSPS) is 22.5. The standard InChI is InChI=1S/C10H15BNO3/c13-5-11-12-9(10(14)15)8(6-1-2-6)7-3-4-7/h5-9,12H,1-4H2,(H,14,15)/t9-/m0/s1. The smallest absolute Gasteiger partial charge is 0.319 e. The molecule has 2 rings (SSSR count). The Morgan fingerprint density at radius 3 is 2.20 bits per heavy atom. The maximum atomic E-state index is 11.1. The molecule has 0 aromatic rings. The van der Waals surface area contributed by atoms with E-state index in [0.29, 0.717) is 18.0 Å². The molecular weight excluding hydrogens is 193 g/mol. The van der Waals surface area contributed by atoms with Gasteiger partial charge in [-0.15, -0.1) is 0 Å². The fraction of sp³-hybridized carbons (Fsp3) is 0.800. The lowest BCUT2D eigenvalue weighted by atomic mass is 9.85. The van der Waals surface area contributed by atoms with Crippen LogP contribution in [-0.2, 0) is 9.59 Å². The van der Waals surface area contributed by atoms with Crippen LogP contribution >= 0.6 is 0 Å². The molecule has 2 N–H and O–H groups in total. The second-order valence-electron chi connectivity index (χ2n) is 4.54. The van der Waals surface area contributed by atoms with Crippen LogP contribution in [0.15, 0.2) is 0 Å². The third-order valence-corrected chi connectivity index (χ3v) is 3.33. The van der Waals surface area contributed by atoms with E-state index < -0.39 is 12.0 Å². The summed E-state index contributed by atoms with van der Waals surface area (Å²) < 4.78 is 0. The van der Waals surface area contributed by atoms with E-state index in [1.54, 1.807) is 0 Å². The first-order valence-electron chi connectivity index (χ1n) is 5.50. The van der Waals surface area contributed by atoms with Gasteiger partial charge in [0.1, 0.15) is 0 Å². The highest BCUT2D eigenvalue weighted by Crippen LogP contribution is 2.50. The van der Waals surface area contributed by atoms with Crippen molar-refractivity contribution in [1.29, 1.82) is 0 Å². The van der Waals surface area contributed by atoms with E-state index in [1.165, 1.54) is 7.41 Å². The highest BCUT2D eigenvalue weighted by molar-refractivity contribution is 6.64. The van der Waals surface area contributed by atoms with Gasteiger partial charge in [-0.2, -0.15) is 0 Å². The Balaban J connectivity index is 1.98. The molecule has 2 fully saturated rings. The fourth-order valence-corrected chi connectivity index (χ4v) is 2.38. The Kier molecular flexibility index (Phi) is 3.10. The van der Waals surface area contributed by atoms with Crippen molar-refractivity contribution >= 4 is 19.6 Å². The van der Waals surface area contributed by atoms with Crippen molar-refractivity contribution < 1.29 is 14.7 Å². The van der Waals surface area contributed by atoms with Crippen LogP contribution in [0.5, 0.6) is 0 Å². The Bertz CT molecular complexity index is 251. The summed E-state index contributed by atoms with van der Waals surface area (Å²) in [6.45, 7) is 0. The number of carbonyl (C=O) groups is 2. The molecule has 0 bridgehead atoms. The number of carboxylic acid groups (broad SMARTS) is 1. The van der Waals surface area contributed by atoms with Crippen molar-refractivity contribution in [2.24, 2.45) is 17.8 Å². The minimum Gasteiger partial charge on any atom is -0.480 e. The Hall–Kier alpha value is -0.835. The molecule has 0 aromatic heterocycles. The van der Waals surface area contributed by atoms with Crippen LogP contribution in [0.4, 0.5) is 0 Å². The number of nitrogens with one attached hydrogen (secondary N) is 1. The first-order valence-corrected chi connectivity index (χ1v) is 5.50. The first kappa shape index (κ1) is 10.7. The maximum absolute atomic E-state index is 11.1. The molecule has 1 atom stereocenters. The lowest BCUT2D eigenvalue weighted by molar-refractivity contribution is -0.140. The van der Waals surface area contributed by atoms with Crippen LogP contribution in [0.3, 0.4) is 0 Å². The van der Waals surface area contributed by atoms with Crippen molar-refractivity contribution in [2.75, 3.05) is 0 Å². The zero-order chi connectivity index (χ0) is 10.8. The van der Waals surface area contributed by atoms with E-state index in [4.69, 9.17) is 5.11 Å². The van der Waals surface area contributed by atoms with Crippen molar-refractivity contribution in [3.8, 4) is 0 Å². The fourth-order valence-electron chi connectivity index (χ4n) is 2.38. The van der Waals surface area contributed by atoms with Crippen molar-refractivity contribution in [3.05, 3.63) is 0 Å². The number of rotatable bonds is 7. The lowest BCUT2D eigenvalue weighted by Gasteiger charge is -2.24. The quantitative estimate of drug-likeness (QED) is 0.465. The summed E-state index contributed by atoms with van der Waals surface area (Å²) in [6, 6.07) is -0.574. The molecule has 15 heavy (non-hydrogen) atoms. The van der Waals surface area contributed by atoms with Gasteiger partial charge < -0.3 is 15.1 Å². The second-order valence-corrected chi connectivity index (χ2v) is 4.54. The predicted molar refractivity (Wildman–Crippen MR) is 56.0 cm³/mol. The van der Waals surface area contributed by atoms with Gasteiger partial charge in [0.05, 0.1) is 12.2 Å². The van der Waals surface area contributed by atoms with Crippen LogP contribution in [0, 0.1) is 17.8 Å². The summed E-state index contributed by atoms with van der Waals surface area (Å²) in [6.07, 6.45) is 5.19. The molecule has 1 radical (unpaired) electrons. The molecule has 0 spiro atoms. The van der Waals surface area contributed by atoms with Gasteiger partial charge in [-0.25, -0.2) is 0 Å². The molecule has 0 aliphatic heterocycles. The molecular formula is C10H15BNO3. The SMILES string of the molecule is O=C[B]N[C@H](C(=O)O)C(C1CC1)C1CC1. The summed E-state index contributed by atoms with van der Waals surface area (Å²) in [5.41, 5.74) is 0. The van der Waals surface area contributed by atoms with Gasteiger partial charge in [0, 0.05) is 0 Å². The zero-order valence-corrected chi connectivity index (χ0v) is 8.56. The minimum absolute atomic E-state index is 0.221. The molecule has 4 nitrogen and oxygen atoms in total. The van der Waals surface area contributed by atoms with Crippen LogP contribution in [0.2, 0.25) is 0 Å². The van der Waals surface area contributed by atoms with E-state index in [0.717, 1.165) is 25.7 Å². The van der Waals surface area contributed by atoms with Gasteiger partial charge in [0.25, 0.3) is 7.41 Å². The summed E-state index contributed by atoms with van der Waals surface area (Å²) in [4.78, 5) is 21.3. The third-order valence-electron chi connectivity index (χ3n) is 3.33. The molecule has 0 saturated heterocycles. The highest BCUT2D eigenvalue weighted by Gasteiger charge is 2.47. The largest absolute Gasteiger partial charge is 0.480 e. The molecule has 2 aliphatic rings. The molecule has 81 valence electrons. The van der Waals surface area contributed by atoms with Gasteiger partial charge >= 0.3 is 5.97 Å². The molecule has 0 aromatic carbocycles. The average Bonchev–Trinajstić information content (AvgIpc) is 3.02. The number of carboxylic acids is 1. The average molecular weight is 208 g/mol. The highest BCUT2D eigenvalue weighted by atomic mass is 16.4. The Morgan fingerprint density at radius 1 is 1.33 bits per heavy atom. The Morgan fingerprint density at radius 2 is 1.87 bits per heavy atom. The summed E-state index contributed by atoms with van der Waals surface area (Å²) in [5.74, 6) is 0.507. The van der Waals surface area contributed by atoms with E-state index in [9.17, 15) is 9.59 Å². The monoisotopic (exact) mass is 208 g/mol.